The summed E-state index contributed by atoms with van der Waals surface area (Å²) in [7, 11) is -3.21. The zero-order valence-electron chi connectivity index (χ0n) is 10.4. The van der Waals surface area contributed by atoms with Gasteiger partial charge in [-0.05, 0) is 18.6 Å². The number of unbranched alkanes of at least 4 members (excludes halogenated alkanes) is 1. The van der Waals surface area contributed by atoms with Crippen molar-refractivity contribution in [1.82, 2.24) is 4.72 Å². The summed E-state index contributed by atoms with van der Waals surface area (Å²) in [6, 6.07) is 5.73. The molecule has 0 aromatic heterocycles. The molecule has 0 aliphatic rings. The first-order chi connectivity index (χ1) is 8.53. The normalized spacial score (nSPS) is 11.4. The molecule has 0 aliphatic carbocycles. The number of ether oxygens (including phenoxy) is 1. The van der Waals surface area contributed by atoms with E-state index in [0.29, 0.717) is 12.2 Å². The van der Waals surface area contributed by atoms with Crippen molar-refractivity contribution in [2.24, 2.45) is 0 Å². The van der Waals surface area contributed by atoms with Crippen molar-refractivity contribution >= 4 is 10.0 Å². The highest BCUT2D eigenvalue weighted by Gasteiger charge is 2.08. The van der Waals surface area contributed by atoms with Crippen molar-refractivity contribution in [3.8, 4) is 5.75 Å². The van der Waals surface area contributed by atoms with Gasteiger partial charge in [-0.2, -0.15) is 0 Å². The Balaban J connectivity index is 2.26. The molecule has 0 spiro atoms. The molecule has 0 saturated carbocycles. The van der Waals surface area contributed by atoms with Crippen LogP contribution < -0.4 is 9.46 Å². The fourth-order valence-electron chi connectivity index (χ4n) is 1.33. The van der Waals surface area contributed by atoms with Crippen molar-refractivity contribution < 1.29 is 17.5 Å². The smallest absolute Gasteiger partial charge is 0.211 e. The first-order valence-corrected chi connectivity index (χ1v) is 7.54. The van der Waals surface area contributed by atoms with Crippen molar-refractivity contribution in [3.63, 3.8) is 0 Å². The van der Waals surface area contributed by atoms with Gasteiger partial charge in [0.15, 0.2) is 0 Å². The second-order valence-electron chi connectivity index (χ2n) is 3.87. The van der Waals surface area contributed by atoms with Gasteiger partial charge in [0.1, 0.15) is 18.2 Å². The Hall–Kier alpha value is -1.14. The zero-order valence-corrected chi connectivity index (χ0v) is 11.2. The fraction of sp³-hybridized carbons (Fsp3) is 0.500. The van der Waals surface area contributed by atoms with Gasteiger partial charge in [0.05, 0.1) is 5.75 Å². The van der Waals surface area contributed by atoms with Gasteiger partial charge in [0, 0.05) is 12.6 Å². The number of sulfonamides is 1. The lowest BCUT2D eigenvalue weighted by Gasteiger charge is -2.08. The molecule has 0 atom stereocenters. The zero-order chi connectivity index (χ0) is 13.4. The average molecular weight is 275 g/mol. The van der Waals surface area contributed by atoms with E-state index in [4.69, 9.17) is 4.74 Å². The predicted molar refractivity (Wildman–Crippen MR) is 68.6 cm³/mol. The van der Waals surface area contributed by atoms with E-state index < -0.39 is 10.0 Å². The van der Waals surface area contributed by atoms with Crippen LogP contribution in [0.25, 0.3) is 0 Å². The lowest BCUT2D eigenvalue weighted by molar-refractivity contribution is 0.321. The molecule has 0 radical (unpaired) electrons. The molecule has 0 fully saturated rings. The van der Waals surface area contributed by atoms with Crippen LogP contribution in [-0.4, -0.2) is 27.3 Å². The van der Waals surface area contributed by atoms with E-state index in [9.17, 15) is 12.8 Å². The standard InChI is InChI=1S/C12H18FNO3S/c1-2-3-9-18(15,16)14-7-8-17-12-6-4-5-11(13)10-12/h4-6,10,14H,2-3,7-9H2,1H3. The first kappa shape index (κ1) is 14.9. The molecule has 6 heteroatoms. The summed E-state index contributed by atoms with van der Waals surface area (Å²) in [6.45, 7) is 2.29. The van der Waals surface area contributed by atoms with Crippen molar-refractivity contribution in [1.29, 1.82) is 0 Å². The van der Waals surface area contributed by atoms with Crippen LogP contribution >= 0.6 is 0 Å². The molecule has 1 rings (SSSR count). The molecule has 0 bridgehead atoms. The highest BCUT2D eigenvalue weighted by molar-refractivity contribution is 7.89. The van der Waals surface area contributed by atoms with Crippen LogP contribution in [0.2, 0.25) is 0 Å². The molecule has 1 aromatic rings. The molecule has 0 unspecified atom stereocenters. The molecule has 0 amide bonds. The number of rotatable bonds is 8. The molecule has 1 aromatic carbocycles. The van der Waals surface area contributed by atoms with Gasteiger partial charge in [-0.3, -0.25) is 0 Å². The lowest BCUT2D eigenvalue weighted by atomic mass is 10.3. The van der Waals surface area contributed by atoms with Gasteiger partial charge >= 0.3 is 0 Å². The third-order valence-electron chi connectivity index (χ3n) is 2.26. The van der Waals surface area contributed by atoms with Crippen molar-refractivity contribution in [3.05, 3.63) is 30.1 Å². The van der Waals surface area contributed by atoms with Gasteiger partial charge in [0.25, 0.3) is 0 Å². The number of nitrogens with one attached hydrogen (secondary N) is 1. The highest BCUT2D eigenvalue weighted by Crippen LogP contribution is 2.11. The van der Waals surface area contributed by atoms with Crippen LogP contribution in [0.3, 0.4) is 0 Å². The van der Waals surface area contributed by atoms with Gasteiger partial charge in [0.2, 0.25) is 10.0 Å². The van der Waals surface area contributed by atoms with Gasteiger partial charge in [-0.25, -0.2) is 17.5 Å². The second kappa shape index (κ2) is 7.33. The SMILES string of the molecule is CCCCS(=O)(=O)NCCOc1cccc(F)c1. The monoisotopic (exact) mass is 275 g/mol. The molecular formula is C12H18FNO3S. The van der Waals surface area contributed by atoms with Crippen molar-refractivity contribution in [2.75, 3.05) is 18.9 Å². The first-order valence-electron chi connectivity index (χ1n) is 5.89. The van der Waals surface area contributed by atoms with Gasteiger partial charge in [-0.1, -0.05) is 19.4 Å². The summed E-state index contributed by atoms with van der Waals surface area (Å²) in [5.74, 6) is 0.141. The Labute approximate surface area is 107 Å². The second-order valence-corrected chi connectivity index (χ2v) is 5.80. The van der Waals surface area contributed by atoms with Crippen LogP contribution in [0.4, 0.5) is 4.39 Å². The fourth-order valence-corrected chi connectivity index (χ4v) is 2.54. The Morgan fingerprint density at radius 3 is 2.83 bits per heavy atom. The Kier molecular flexibility index (Phi) is 6.07. The molecule has 4 nitrogen and oxygen atoms in total. The summed E-state index contributed by atoms with van der Waals surface area (Å²) in [4.78, 5) is 0. The summed E-state index contributed by atoms with van der Waals surface area (Å²) < 4.78 is 43.3. The van der Waals surface area contributed by atoms with Crippen LogP contribution in [0.1, 0.15) is 19.8 Å². The summed E-state index contributed by atoms with van der Waals surface area (Å²) in [5.41, 5.74) is 0. The lowest BCUT2D eigenvalue weighted by Crippen LogP contribution is -2.30. The number of hydrogen-bond acceptors (Lipinski definition) is 3. The minimum absolute atomic E-state index is 0.128. The summed E-state index contributed by atoms with van der Waals surface area (Å²) >= 11 is 0. The topological polar surface area (TPSA) is 55.4 Å². The van der Waals surface area contributed by atoms with Crippen LogP contribution in [0.15, 0.2) is 24.3 Å². The maximum atomic E-state index is 12.8. The van der Waals surface area contributed by atoms with E-state index in [1.165, 1.54) is 18.2 Å². The minimum Gasteiger partial charge on any atom is -0.492 e. The quantitative estimate of drug-likeness (QED) is 0.737. The van der Waals surface area contributed by atoms with Crippen LogP contribution in [-0.2, 0) is 10.0 Å². The summed E-state index contributed by atoms with van der Waals surface area (Å²) in [6.07, 6.45) is 1.47. The Morgan fingerprint density at radius 2 is 2.17 bits per heavy atom. The maximum absolute atomic E-state index is 12.8. The van der Waals surface area contributed by atoms with Gasteiger partial charge in [-0.15, -0.1) is 0 Å². The largest absolute Gasteiger partial charge is 0.492 e. The van der Waals surface area contributed by atoms with E-state index in [-0.39, 0.29) is 24.7 Å². The van der Waals surface area contributed by atoms with Crippen LogP contribution in [0, 0.1) is 5.82 Å². The molecule has 0 saturated heterocycles. The molecule has 102 valence electrons. The Bertz CT molecular complexity index is 462. The highest BCUT2D eigenvalue weighted by atomic mass is 32.2. The molecule has 0 heterocycles. The molecule has 18 heavy (non-hydrogen) atoms. The predicted octanol–water partition coefficient (Wildman–Crippen LogP) is 1.92. The number of hydrogen-bond donors (Lipinski definition) is 1. The van der Waals surface area contributed by atoms with E-state index in [1.807, 2.05) is 6.92 Å². The molecule has 1 N–H and O–H groups in total. The molecular weight excluding hydrogens is 257 g/mol. The average Bonchev–Trinajstić information content (AvgIpc) is 2.32. The maximum Gasteiger partial charge on any atom is 0.211 e. The molecule has 0 aliphatic heterocycles. The Morgan fingerprint density at radius 1 is 1.39 bits per heavy atom. The third kappa shape index (κ3) is 5.97. The van der Waals surface area contributed by atoms with Gasteiger partial charge < -0.3 is 4.74 Å². The van der Waals surface area contributed by atoms with E-state index in [2.05, 4.69) is 4.72 Å². The number of halogens is 1. The minimum atomic E-state index is -3.21. The van der Waals surface area contributed by atoms with E-state index in [0.717, 1.165) is 6.42 Å². The van der Waals surface area contributed by atoms with Crippen LogP contribution in [0.5, 0.6) is 5.75 Å². The summed E-state index contributed by atoms with van der Waals surface area (Å²) in [5, 5.41) is 0. The van der Waals surface area contributed by atoms with Crippen molar-refractivity contribution in [2.45, 2.75) is 19.8 Å². The third-order valence-corrected chi connectivity index (χ3v) is 3.73. The van der Waals surface area contributed by atoms with E-state index in [1.54, 1.807) is 6.07 Å². The number of benzene rings is 1. The van der Waals surface area contributed by atoms with E-state index >= 15 is 0 Å².